The van der Waals surface area contributed by atoms with Crippen LogP contribution in [0.1, 0.15) is 37.4 Å². The molecule has 1 aliphatic carbocycles. The third-order valence-corrected chi connectivity index (χ3v) is 5.25. The molecule has 4 atom stereocenters. The molecular formula is C15H19Cl2NO. The number of nitrogens with one attached hydrogen (secondary N) is 1. The average Bonchev–Trinajstić information content (AvgIpc) is 2.97. The van der Waals surface area contributed by atoms with Crippen molar-refractivity contribution in [2.75, 3.05) is 6.54 Å². The zero-order valence-corrected chi connectivity index (χ0v) is 12.3. The highest BCUT2D eigenvalue weighted by atomic mass is 35.5. The fourth-order valence-corrected chi connectivity index (χ4v) is 4.12. The first kappa shape index (κ1) is 13.7. The minimum absolute atomic E-state index is 0.414. The molecule has 1 aromatic carbocycles. The van der Waals surface area contributed by atoms with Crippen LogP contribution in [0, 0.1) is 11.8 Å². The lowest BCUT2D eigenvalue weighted by molar-refractivity contribution is 0.145. The van der Waals surface area contributed by atoms with Gasteiger partial charge in [0, 0.05) is 21.7 Å². The molecule has 0 bridgehead atoms. The zero-order chi connectivity index (χ0) is 13.4. The van der Waals surface area contributed by atoms with Crippen molar-refractivity contribution in [3.8, 4) is 0 Å². The summed E-state index contributed by atoms with van der Waals surface area (Å²) in [4.78, 5) is 0. The molecule has 1 heterocycles. The van der Waals surface area contributed by atoms with E-state index >= 15 is 0 Å². The summed E-state index contributed by atoms with van der Waals surface area (Å²) in [7, 11) is 0. The standard InChI is InChI=1S/C15H19Cl2NO/c16-10-4-5-13(17)12(6-10)15(19)7-14-11-3-1-2-9(11)8-18-14/h4-6,9,11,14-15,18-19H,1-3,7-8H2. The van der Waals surface area contributed by atoms with E-state index in [4.69, 9.17) is 23.2 Å². The van der Waals surface area contributed by atoms with Crippen molar-refractivity contribution >= 4 is 23.2 Å². The minimum Gasteiger partial charge on any atom is -0.388 e. The Hall–Kier alpha value is -0.280. The van der Waals surface area contributed by atoms with Gasteiger partial charge in [-0.05, 0) is 55.8 Å². The van der Waals surface area contributed by atoms with E-state index in [0.717, 1.165) is 30.4 Å². The van der Waals surface area contributed by atoms with Crippen LogP contribution in [0.2, 0.25) is 10.0 Å². The molecule has 2 nitrogen and oxygen atoms in total. The van der Waals surface area contributed by atoms with E-state index < -0.39 is 6.10 Å². The fourth-order valence-electron chi connectivity index (χ4n) is 3.70. The third kappa shape index (κ3) is 2.78. The summed E-state index contributed by atoms with van der Waals surface area (Å²) in [5.41, 5.74) is 0.748. The van der Waals surface area contributed by atoms with Gasteiger partial charge in [0.05, 0.1) is 6.10 Å². The molecule has 0 radical (unpaired) electrons. The van der Waals surface area contributed by atoms with Crippen molar-refractivity contribution in [2.24, 2.45) is 11.8 Å². The van der Waals surface area contributed by atoms with Gasteiger partial charge in [0.25, 0.3) is 0 Å². The van der Waals surface area contributed by atoms with Crippen molar-refractivity contribution in [1.82, 2.24) is 5.32 Å². The van der Waals surface area contributed by atoms with Crippen molar-refractivity contribution in [3.63, 3.8) is 0 Å². The summed E-state index contributed by atoms with van der Waals surface area (Å²) < 4.78 is 0. The molecule has 4 heteroatoms. The number of benzene rings is 1. The van der Waals surface area contributed by atoms with Gasteiger partial charge < -0.3 is 10.4 Å². The number of hydrogen-bond acceptors (Lipinski definition) is 2. The van der Waals surface area contributed by atoms with E-state index in [0.29, 0.717) is 16.1 Å². The largest absolute Gasteiger partial charge is 0.388 e. The van der Waals surface area contributed by atoms with Gasteiger partial charge in [0.15, 0.2) is 0 Å². The van der Waals surface area contributed by atoms with E-state index in [1.165, 1.54) is 19.3 Å². The number of aliphatic hydroxyl groups is 1. The van der Waals surface area contributed by atoms with Crippen LogP contribution >= 0.6 is 23.2 Å². The maximum atomic E-state index is 10.4. The first-order valence-corrected chi connectivity index (χ1v) is 7.77. The molecule has 19 heavy (non-hydrogen) atoms. The molecule has 3 rings (SSSR count). The lowest BCUT2D eigenvalue weighted by Crippen LogP contribution is -2.28. The SMILES string of the molecule is OC(CC1NCC2CCCC21)c1cc(Cl)ccc1Cl. The van der Waals surface area contributed by atoms with Crippen LogP contribution in [0.5, 0.6) is 0 Å². The highest BCUT2D eigenvalue weighted by Crippen LogP contribution is 2.41. The summed E-state index contributed by atoms with van der Waals surface area (Å²) >= 11 is 12.1. The quantitative estimate of drug-likeness (QED) is 0.890. The smallest absolute Gasteiger partial charge is 0.0819 e. The van der Waals surface area contributed by atoms with Crippen molar-refractivity contribution < 1.29 is 5.11 Å². The normalized spacial score (nSPS) is 31.4. The first-order valence-electron chi connectivity index (χ1n) is 7.01. The Balaban J connectivity index is 1.71. The van der Waals surface area contributed by atoms with Crippen LogP contribution < -0.4 is 5.32 Å². The number of rotatable bonds is 3. The molecule has 0 spiro atoms. The summed E-state index contributed by atoms with van der Waals surface area (Å²) in [6, 6.07) is 5.69. The van der Waals surface area contributed by atoms with Crippen molar-refractivity contribution in [2.45, 2.75) is 37.8 Å². The minimum atomic E-state index is -0.539. The molecule has 1 saturated heterocycles. The molecule has 0 amide bonds. The number of halogens is 2. The summed E-state index contributed by atoms with van der Waals surface area (Å²) in [5, 5.41) is 15.2. The fraction of sp³-hybridized carbons (Fsp3) is 0.600. The van der Waals surface area contributed by atoms with E-state index in [2.05, 4.69) is 5.32 Å². The lowest BCUT2D eigenvalue weighted by Gasteiger charge is -2.22. The molecule has 1 aliphatic heterocycles. The van der Waals surface area contributed by atoms with Gasteiger partial charge in [-0.25, -0.2) is 0 Å². The Labute approximate surface area is 124 Å². The molecule has 2 fully saturated rings. The Bertz CT molecular complexity index is 465. The number of fused-ring (bicyclic) bond motifs is 1. The van der Waals surface area contributed by atoms with Gasteiger partial charge in [-0.15, -0.1) is 0 Å². The van der Waals surface area contributed by atoms with Gasteiger partial charge >= 0.3 is 0 Å². The van der Waals surface area contributed by atoms with Crippen molar-refractivity contribution in [3.05, 3.63) is 33.8 Å². The Kier molecular flexibility index (Phi) is 4.04. The Morgan fingerprint density at radius 2 is 2.16 bits per heavy atom. The van der Waals surface area contributed by atoms with Crippen LogP contribution in [0.25, 0.3) is 0 Å². The molecule has 2 aliphatic rings. The van der Waals surface area contributed by atoms with Crippen LogP contribution in [-0.4, -0.2) is 17.7 Å². The van der Waals surface area contributed by atoms with Gasteiger partial charge in [-0.3, -0.25) is 0 Å². The van der Waals surface area contributed by atoms with E-state index in [1.54, 1.807) is 18.2 Å². The first-order chi connectivity index (χ1) is 9.15. The van der Waals surface area contributed by atoms with Crippen LogP contribution in [0.3, 0.4) is 0 Å². The molecule has 4 unspecified atom stereocenters. The molecule has 1 aromatic rings. The monoisotopic (exact) mass is 299 g/mol. The summed E-state index contributed by atoms with van der Waals surface area (Å²) in [6.45, 7) is 1.10. The van der Waals surface area contributed by atoms with E-state index in [-0.39, 0.29) is 0 Å². The lowest BCUT2D eigenvalue weighted by atomic mass is 9.89. The van der Waals surface area contributed by atoms with E-state index in [1.807, 2.05) is 0 Å². The summed E-state index contributed by atoms with van der Waals surface area (Å²) in [5.74, 6) is 1.54. The predicted molar refractivity (Wildman–Crippen MR) is 78.7 cm³/mol. The van der Waals surface area contributed by atoms with Crippen molar-refractivity contribution in [1.29, 1.82) is 0 Å². The highest BCUT2D eigenvalue weighted by molar-refractivity contribution is 6.33. The molecule has 0 aromatic heterocycles. The molecule has 1 saturated carbocycles. The molecule has 2 N–H and O–H groups in total. The second kappa shape index (κ2) is 5.61. The van der Waals surface area contributed by atoms with Gasteiger partial charge in [-0.1, -0.05) is 29.6 Å². The third-order valence-electron chi connectivity index (χ3n) is 4.67. The summed E-state index contributed by atoms with van der Waals surface area (Å²) in [6.07, 6.45) is 4.14. The maximum absolute atomic E-state index is 10.4. The average molecular weight is 300 g/mol. The molecule has 104 valence electrons. The van der Waals surface area contributed by atoms with Crippen LogP contribution in [0.4, 0.5) is 0 Å². The van der Waals surface area contributed by atoms with Gasteiger partial charge in [0.2, 0.25) is 0 Å². The zero-order valence-electron chi connectivity index (χ0n) is 10.8. The Morgan fingerprint density at radius 1 is 1.32 bits per heavy atom. The van der Waals surface area contributed by atoms with Crippen LogP contribution in [-0.2, 0) is 0 Å². The molecular weight excluding hydrogens is 281 g/mol. The van der Waals surface area contributed by atoms with Gasteiger partial charge in [0.1, 0.15) is 0 Å². The topological polar surface area (TPSA) is 32.3 Å². The van der Waals surface area contributed by atoms with Gasteiger partial charge in [-0.2, -0.15) is 0 Å². The Morgan fingerprint density at radius 3 is 3.00 bits per heavy atom. The maximum Gasteiger partial charge on any atom is 0.0819 e. The second-order valence-corrected chi connectivity index (χ2v) is 6.63. The van der Waals surface area contributed by atoms with E-state index in [9.17, 15) is 5.11 Å². The van der Waals surface area contributed by atoms with Crippen LogP contribution in [0.15, 0.2) is 18.2 Å². The number of hydrogen-bond donors (Lipinski definition) is 2. The second-order valence-electron chi connectivity index (χ2n) is 5.79. The highest BCUT2D eigenvalue weighted by Gasteiger charge is 2.39. The number of aliphatic hydroxyl groups excluding tert-OH is 1. The predicted octanol–water partition coefficient (Wildman–Crippen LogP) is 3.81.